The second kappa shape index (κ2) is 5.26. The molecule has 14 heavy (non-hydrogen) atoms. The van der Waals surface area contributed by atoms with Crippen LogP contribution in [0.5, 0.6) is 0 Å². The maximum Gasteiger partial charge on any atom is 0.475 e. The Bertz CT molecular complexity index is 217. The van der Waals surface area contributed by atoms with Crippen molar-refractivity contribution in [3.63, 3.8) is 0 Å². The summed E-state index contributed by atoms with van der Waals surface area (Å²) in [4.78, 5) is 0. The largest absolute Gasteiger partial charge is 0.475 e. The van der Waals surface area contributed by atoms with E-state index >= 15 is 0 Å². The van der Waals surface area contributed by atoms with Crippen LogP contribution >= 0.6 is 7.82 Å². The van der Waals surface area contributed by atoms with Crippen molar-refractivity contribution in [3.05, 3.63) is 0 Å². The number of hydrogen-bond acceptors (Lipinski definition) is 4. The molecule has 1 aliphatic rings. The first-order valence-corrected chi connectivity index (χ1v) is 6.55. The topological polar surface area (TPSA) is 44.8 Å². The van der Waals surface area contributed by atoms with Gasteiger partial charge in [0.05, 0.1) is 19.3 Å². The van der Waals surface area contributed by atoms with Gasteiger partial charge in [0.15, 0.2) is 0 Å². The summed E-state index contributed by atoms with van der Waals surface area (Å²) in [7, 11) is -3.23. The SMILES string of the molecule is CC(C)CCOP1(=O)OCCC(C)O1. The molecule has 1 fully saturated rings. The Morgan fingerprint density at radius 1 is 1.57 bits per heavy atom. The van der Waals surface area contributed by atoms with Crippen molar-refractivity contribution in [2.75, 3.05) is 13.2 Å². The van der Waals surface area contributed by atoms with Gasteiger partial charge < -0.3 is 0 Å². The molecule has 0 amide bonds. The van der Waals surface area contributed by atoms with Crippen molar-refractivity contribution in [2.24, 2.45) is 5.92 Å². The van der Waals surface area contributed by atoms with Crippen LogP contribution in [0.15, 0.2) is 0 Å². The molecule has 1 saturated heterocycles. The second-order valence-corrected chi connectivity index (χ2v) is 5.62. The normalized spacial score (nSPS) is 33.6. The van der Waals surface area contributed by atoms with Crippen molar-refractivity contribution in [2.45, 2.75) is 39.7 Å². The lowest BCUT2D eigenvalue weighted by molar-refractivity contribution is 0.0355. The van der Waals surface area contributed by atoms with E-state index in [1.54, 1.807) is 0 Å². The third-order valence-corrected chi connectivity index (χ3v) is 3.64. The number of phosphoric acid groups is 1. The molecule has 5 heteroatoms. The summed E-state index contributed by atoms with van der Waals surface area (Å²) in [6.07, 6.45) is 1.61. The first-order valence-electron chi connectivity index (χ1n) is 5.09. The van der Waals surface area contributed by atoms with Gasteiger partial charge in [-0.15, -0.1) is 0 Å². The average Bonchev–Trinajstić information content (AvgIpc) is 2.01. The quantitative estimate of drug-likeness (QED) is 0.686. The average molecular weight is 222 g/mol. The minimum absolute atomic E-state index is 0.0337. The summed E-state index contributed by atoms with van der Waals surface area (Å²) in [6.45, 7) is 6.94. The fourth-order valence-electron chi connectivity index (χ4n) is 1.10. The molecule has 0 aromatic rings. The zero-order chi connectivity index (χ0) is 10.6. The van der Waals surface area contributed by atoms with E-state index in [2.05, 4.69) is 13.8 Å². The van der Waals surface area contributed by atoms with Crippen LogP contribution in [0.2, 0.25) is 0 Å². The smallest absolute Gasteiger partial charge is 0.287 e. The fraction of sp³-hybridized carbons (Fsp3) is 1.00. The van der Waals surface area contributed by atoms with E-state index in [0.717, 1.165) is 12.8 Å². The molecule has 1 heterocycles. The molecule has 0 aliphatic carbocycles. The molecule has 0 saturated carbocycles. The zero-order valence-corrected chi connectivity index (χ0v) is 9.96. The molecule has 84 valence electrons. The summed E-state index contributed by atoms with van der Waals surface area (Å²) in [6, 6.07) is 0. The Labute approximate surface area is 85.5 Å². The molecule has 2 unspecified atom stereocenters. The van der Waals surface area contributed by atoms with Crippen molar-refractivity contribution < 1.29 is 18.1 Å². The summed E-state index contributed by atoms with van der Waals surface area (Å²) >= 11 is 0. The fourth-order valence-corrected chi connectivity index (χ4v) is 2.50. The highest BCUT2D eigenvalue weighted by Crippen LogP contribution is 2.53. The molecule has 0 bridgehead atoms. The number of hydrogen-bond donors (Lipinski definition) is 0. The van der Waals surface area contributed by atoms with Crippen LogP contribution in [0.3, 0.4) is 0 Å². The van der Waals surface area contributed by atoms with Gasteiger partial charge >= 0.3 is 7.82 Å². The Morgan fingerprint density at radius 2 is 2.29 bits per heavy atom. The van der Waals surface area contributed by atoms with E-state index in [-0.39, 0.29) is 6.10 Å². The molecule has 0 radical (unpaired) electrons. The standard InChI is InChI=1S/C9H19O4P/c1-8(2)4-6-11-14(10)12-7-5-9(3)13-14/h8-9H,4-7H2,1-3H3. The van der Waals surface area contributed by atoms with E-state index < -0.39 is 7.82 Å². The van der Waals surface area contributed by atoms with Gasteiger partial charge in [0.2, 0.25) is 0 Å². The molecular weight excluding hydrogens is 203 g/mol. The van der Waals surface area contributed by atoms with Gasteiger partial charge in [0.25, 0.3) is 0 Å². The van der Waals surface area contributed by atoms with Crippen LogP contribution in [0.4, 0.5) is 0 Å². The predicted octanol–water partition coefficient (Wildman–Crippen LogP) is 2.98. The van der Waals surface area contributed by atoms with Crippen LogP contribution in [-0.4, -0.2) is 19.3 Å². The molecular formula is C9H19O4P. The van der Waals surface area contributed by atoms with Crippen molar-refractivity contribution >= 4 is 7.82 Å². The minimum Gasteiger partial charge on any atom is -0.287 e. The molecule has 1 rings (SSSR count). The lowest BCUT2D eigenvalue weighted by atomic mass is 10.2. The van der Waals surface area contributed by atoms with Crippen LogP contribution in [0.1, 0.15) is 33.6 Å². The Balaban J connectivity index is 2.30. The summed E-state index contributed by atoms with van der Waals surface area (Å²) in [5.74, 6) is 0.531. The molecule has 4 nitrogen and oxygen atoms in total. The highest BCUT2D eigenvalue weighted by atomic mass is 31.2. The van der Waals surface area contributed by atoms with Crippen LogP contribution in [-0.2, 0) is 18.1 Å². The first-order chi connectivity index (χ1) is 6.52. The first kappa shape index (κ1) is 12.2. The molecule has 0 N–H and O–H groups in total. The van der Waals surface area contributed by atoms with Gasteiger partial charge in [0.1, 0.15) is 0 Å². The zero-order valence-electron chi connectivity index (χ0n) is 9.06. The van der Waals surface area contributed by atoms with Crippen LogP contribution < -0.4 is 0 Å². The molecule has 0 aromatic heterocycles. The maximum atomic E-state index is 11.8. The van der Waals surface area contributed by atoms with Crippen molar-refractivity contribution in [1.82, 2.24) is 0 Å². The number of phosphoric ester groups is 1. The van der Waals surface area contributed by atoms with Gasteiger partial charge in [-0.1, -0.05) is 13.8 Å². The highest BCUT2D eigenvalue weighted by Gasteiger charge is 2.33. The van der Waals surface area contributed by atoms with E-state index in [1.165, 1.54) is 0 Å². The Morgan fingerprint density at radius 3 is 2.86 bits per heavy atom. The Hall–Kier alpha value is 0.110. The van der Waals surface area contributed by atoms with Gasteiger partial charge in [-0.05, 0) is 25.7 Å². The van der Waals surface area contributed by atoms with E-state index in [0.29, 0.717) is 19.1 Å². The molecule has 0 aromatic carbocycles. The van der Waals surface area contributed by atoms with Crippen LogP contribution in [0, 0.1) is 5.92 Å². The van der Waals surface area contributed by atoms with E-state index in [9.17, 15) is 4.57 Å². The molecule has 0 spiro atoms. The lowest BCUT2D eigenvalue weighted by Crippen LogP contribution is -2.18. The third-order valence-electron chi connectivity index (χ3n) is 2.03. The number of rotatable bonds is 4. The van der Waals surface area contributed by atoms with E-state index in [4.69, 9.17) is 13.6 Å². The molecule has 1 aliphatic heterocycles. The highest BCUT2D eigenvalue weighted by molar-refractivity contribution is 7.48. The summed E-state index contributed by atoms with van der Waals surface area (Å²) in [5.41, 5.74) is 0. The predicted molar refractivity (Wildman–Crippen MR) is 54.1 cm³/mol. The summed E-state index contributed by atoms with van der Waals surface area (Å²) < 4.78 is 27.1. The second-order valence-electron chi connectivity index (χ2n) is 4.00. The minimum atomic E-state index is -3.23. The van der Waals surface area contributed by atoms with Crippen molar-refractivity contribution in [1.29, 1.82) is 0 Å². The van der Waals surface area contributed by atoms with Gasteiger partial charge in [-0.3, -0.25) is 13.6 Å². The van der Waals surface area contributed by atoms with Gasteiger partial charge in [0, 0.05) is 0 Å². The van der Waals surface area contributed by atoms with Crippen LogP contribution in [0.25, 0.3) is 0 Å². The monoisotopic (exact) mass is 222 g/mol. The lowest BCUT2D eigenvalue weighted by Gasteiger charge is -2.26. The van der Waals surface area contributed by atoms with Gasteiger partial charge in [-0.2, -0.15) is 0 Å². The summed E-state index contributed by atoms with van der Waals surface area (Å²) in [5, 5.41) is 0. The van der Waals surface area contributed by atoms with E-state index in [1.807, 2.05) is 6.92 Å². The maximum absolute atomic E-state index is 11.8. The Kier molecular flexibility index (Phi) is 4.58. The third kappa shape index (κ3) is 4.09. The van der Waals surface area contributed by atoms with Crippen molar-refractivity contribution in [3.8, 4) is 0 Å². The molecule has 2 atom stereocenters. The van der Waals surface area contributed by atoms with Gasteiger partial charge in [-0.25, -0.2) is 4.57 Å².